The predicted molar refractivity (Wildman–Crippen MR) is 64.4 cm³/mol. The normalized spacial score (nSPS) is 11.8. The number of benzene rings is 1. The number of aliphatic imine (C=N–C) groups is 1. The summed E-state index contributed by atoms with van der Waals surface area (Å²) in [5.74, 6) is 2.12. The zero-order chi connectivity index (χ0) is 13.7. The van der Waals surface area contributed by atoms with E-state index in [0.29, 0.717) is 12.6 Å². The standard InChI is InChI=1S/C11H15F3N4/c1-6(2)5-16-11(18-15)17-9-4-7(12)3-8(13)10(9)14/h3-4,6H,5,15H2,1-2H3,(H2,16,17,18). The fourth-order valence-corrected chi connectivity index (χ4v) is 1.17. The first kappa shape index (κ1) is 14.3. The molecule has 4 N–H and O–H groups in total. The Hall–Kier alpha value is -1.76. The molecule has 18 heavy (non-hydrogen) atoms. The molecule has 0 aliphatic heterocycles. The van der Waals surface area contributed by atoms with Crippen LogP contribution in [0.25, 0.3) is 0 Å². The van der Waals surface area contributed by atoms with Gasteiger partial charge in [-0.3, -0.25) is 10.4 Å². The number of nitrogens with zero attached hydrogens (tertiary/aromatic N) is 1. The lowest BCUT2D eigenvalue weighted by Gasteiger charge is -2.11. The number of nitrogens with one attached hydrogen (secondary N) is 2. The Labute approximate surface area is 103 Å². The molecule has 0 bridgehead atoms. The molecule has 0 unspecified atom stereocenters. The van der Waals surface area contributed by atoms with Gasteiger partial charge in [0.05, 0.1) is 5.69 Å². The van der Waals surface area contributed by atoms with E-state index in [-0.39, 0.29) is 17.6 Å². The summed E-state index contributed by atoms with van der Waals surface area (Å²) in [5.41, 5.74) is 1.83. The van der Waals surface area contributed by atoms with Crippen molar-refractivity contribution >= 4 is 11.6 Å². The fraction of sp³-hybridized carbons (Fsp3) is 0.364. The topological polar surface area (TPSA) is 62.4 Å². The van der Waals surface area contributed by atoms with Crippen molar-refractivity contribution in [3.8, 4) is 0 Å². The molecule has 0 amide bonds. The third-order valence-electron chi connectivity index (χ3n) is 2.00. The Balaban J connectivity index is 2.91. The first-order valence-corrected chi connectivity index (χ1v) is 5.36. The van der Waals surface area contributed by atoms with Gasteiger partial charge in [0, 0.05) is 18.7 Å². The number of rotatable bonds is 3. The van der Waals surface area contributed by atoms with Crippen molar-refractivity contribution in [1.29, 1.82) is 0 Å². The van der Waals surface area contributed by atoms with Crippen LogP contribution in [0.2, 0.25) is 0 Å². The first-order chi connectivity index (χ1) is 8.43. The van der Waals surface area contributed by atoms with E-state index in [0.717, 1.165) is 6.07 Å². The molecule has 0 spiro atoms. The van der Waals surface area contributed by atoms with Crippen molar-refractivity contribution in [3.05, 3.63) is 29.6 Å². The summed E-state index contributed by atoms with van der Waals surface area (Å²) in [4.78, 5) is 4.00. The van der Waals surface area contributed by atoms with Crippen LogP contribution in [0.3, 0.4) is 0 Å². The van der Waals surface area contributed by atoms with Gasteiger partial charge in [0.25, 0.3) is 0 Å². The van der Waals surface area contributed by atoms with E-state index in [2.05, 4.69) is 15.7 Å². The molecule has 0 saturated carbocycles. The van der Waals surface area contributed by atoms with Crippen LogP contribution in [0.5, 0.6) is 0 Å². The van der Waals surface area contributed by atoms with Crippen molar-refractivity contribution in [2.24, 2.45) is 16.8 Å². The maximum Gasteiger partial charge on any atom is 0.210 e. The van der Waals surface area contributed by atoms with E-state index >= 15 is 0 Å². The van der Waals surface area contributed by atoms with Crippen LogP contribution in [0.4, 0.5) is 18.9 Å². The Bertz CT molecular complexity index is 446. The van der Waals surface area contributed by atoms with Crippen LogP contribution < -0.4 is 16.6 Å². The van der Waals surface area contributed by atoms with Crippen molar-refractivity contribution in [3.63, 3.8) is 0 Å². The van der Waals surface area contributed by atoms with Gasteiger partial charge < -0.3 is 5.32 Å². The second-order valence-corrected chi connectivity index (χ2v) is 4.10. The van der Waals surface area contributed by atoms with Gasteiger partial charge in [-0.2, -0.15) is 0 Å². The average molecular weight is 260 g/mol. The molecule has 7 heteroatoms. The molecule has 0 aromatic heterocycles. The van der Waals surface area contributed by atoms with Gasteiger partial charge >= 0.3 is 0 Å². The highest BCUT2D eigenvalue weighted by molar-refractivity contribution is 5.93. The van der Waals surface area contributed by atoms with E-state index in [4.69, 9.17) is 5.84 Å². The lowest BCUT2D eigenvalue weighted by molar-refractivity contribution is 0.498. The predicted octanol–water partition coefficient (Wildman–Crippen LogP) is 1.99. The smallest absolute Gasteiger partial charge is 0.210 e. The van der Waals surface area contributed by atoms with E-state index < -0.39 is 17.5 Å². The van der Waals surface area contributed by atoms with Gasteiger partial charge in [-0.1, -0.05) is 13.8 Å². The Morgan fingerprint density at radius 2 is 2.00 bits per heavy atom. The van der Waals surface area contributed by atoms with Crippen molar-refractivity contribution in [1.82, 2.24) is 5.43 Å². The van der Waals surface area contributed by atoms with Crippen LogP contribution in [0.15, 0.2) is 17.1 Å². The maximum absolute atomic E-state index is 13.3. The third-order valence-corrected chi connectivity index (χ3v) is 2.00. The highest BCUT2D eigenvalue weighted by Gasteiger charge is 2.12. The summed E-state index contributed by atoms with van der Waals surface area (Å²) in [6, 6.07) is 1.28. The molecule has 0 aliphatic carbocycles. The molecule has 0 atom stereocenters. The van der Waals surface area contributed by atoms with E-state index in [1.807, 2.05) is 13.8 Å². The van der Waals surface area contributed by atoms with Crippen LogP contribution in [0.1, 0.15) is 13.8 Å². The second-order valence-electron chi connectivity index (χ2n) is 4.10. The van der Waals surface area contributed by atoms with E-state index in [1.54, 1.807) is 0 Å². The first-order valence-electron chi connectivity index (χ1n) is 5.36. The Morgan fingerprint density at radius 3 is 2.56 bits per heavy atom. The Kier molecular flexibility index (Phi) is 4.96. The second kappa shape index (κ2) is 6.25. The summed E-state index contributed by atoms with van der Waals surface area (Å²) < 4.78 is 39.2. The lowest BCUT2D eigenvalue weighted by Crippen LogP contribution is -2.37. The molecular formula is C11H15F3N4. The highest BCUT2D eigenvalue weighted by Crippen LogP contribution is 2.18. The summed E-state index contributed by atoms with van der Waals surface area (Å²) in [5, 5.41) is 2.39. The molecule has 1 aromatic carbocycles. The van der Waals surface area contributed by atoms with Gasteiger partial charge in [0.2, 0.25) is 5.96 Å². The summed E-state index contributed by atoms with van der Waals surface area (Å²) >= 11 is 0. The third kappa shape index (κ3) is 3.92. The molecule has 1 aromatic rings. The van der Waals surface area contributed by atoms with Gasteiger partial charge in [0.15, 0.2) is 11.6 Å². The largest absolute Gasteiger partial charge is 0.323 e. The summed E-state index contributed by atoms with van der Waals surface area (Å²) in [6.45, 7) is 4.30. The van der Waals surface area contributed by atoms with Crippen LogP contribution in [-0.2, 0) is 0 Å². The zero-order valence-corrected chi connectivity index (χ0v) is 10.1. The van der Waals surface area contributed by atoms with Crippen LogP contribution in [-0.4, -0.2) is 12.5 Å². The molecule has 1 rings (SSSR count). The average Bonchev–Trinajstić information content (AvgIpc) is 2.30. The number of hydrogen-bond donors (Lipinski definition) is 3. The van der Waals surface area contributed by atoms with Gasteiger partial charge in [-0.15, -0.1) is 0 Å². The van der Waals surface area contributed by atoms with Crippen LogP contribution >= 0.6 is 0 Å². The molecule has 0 saturated heterocycles. The SMILES string of the molecule is CC(C)CN=C(NN)Nc1cc(F)cc(F)c1F. The number of halogens is 3. The molecule has 0 heterocycles. The minimum Gasteiger partial charge on any atom is -0.323 e. The maximum atomic E-state index is 13.3. The molecule has 0 aliphatic rings. The minimum atomic E-state index is -1.28. The van der Waals surface area contributed by atoms with Gasteiger partial charge in [-0.05, 0) is 5.92 Å². The van der Waals surface area contributed by atoms with E-state index in [1.165, 1.54) is 0 Å². The summed E-state index contributed by atoms with van der Waals surface area (Å²) in [6.07, 6.45) is 0. The lowest BCUT2D eigenvalue weighted by atomic mass is 10.2. The number of guanidine groups is 1. The van der Waals surface area contributed by atoms with Gasteiger partial charge in [-0.25, -0.2) is 19.0 Å². The number of nitrogens with two attached hydrogens (primary N) is 1. The monoisotopic (exact) mass is 260 g/mol. The zero-order valence-electron chi connectivity index (χ0n) is 10.1. The van der Waals surface area contributed by atoms with Gasteiger partial charge in [0.1, 0.15) is 5.82 Å². The Morgan fingerprint density at radius 1 is 1.33 bits per heavy atom. The number of anilines is 1. The van der Waals surface area contributed by atoms with E-state index in [9.17, 15) is 13.2 Å². The summed E-state index contributed by atoms with van der Waals surface area (Å²) in [7, 11) is 0. The molecule has 0 radical (unpaired) electrons. The quantitative estimate of drug-likeness (QED) is 0.256. The number of hydrogen-bond acceptors (Lipinski definition) is 2. The minimum absolute atomic E-state index is 0.0348. The molecule has 4 nitrogen and oxygen atoms in total. The van der Waals surface area contributed by atoms with Crippen molar-refractivity contribution in [2.45, 2.75) is 13.8 Å². The molecule has 0 fully saturated rings. The highest BCUT2D eigenvalue weighted by atomic mass is 19.2. The number of hydrazine groups is 1. The van der Waals surface area contributed by atoms with Crippen molar-refractivity contribution in [2.75, 3.05) is 11.9 Å². The molecule has 100 valence electrons. The fourth-order valence-electron chi connectivity index (χ4n) is 1.17. The van der Waals surface area contributed by atoms with Crippen LogP contribution in [0, 0.1) is 23.4 Å². The van der Waals surface area contributed by atoms with Crippen molar-refractivity contribution < 1.29 is 13.2 Å². The molecular weight excluding hydrogens is 245 g/mol.